The maximum absolute atomic E-state index is 10.8. The van der Waals surface area contributed by atoms with Crippen LogP contribution in [0.5, 0.6) is 11.5 Å². The van der Waals surface area contributed by atoms with Crippen molar-refractivity contribution in [3.8, 4) is 11.5 Å². The molecule has 1 aromatic heterocycles. The molecule has 0 fully saturated rings. The van der Waals surface area contributed by atoms with Crippen molar-refractivity contribution >= 4 is 23.4 Å². The first-order valence-corrected chi connectivity index (χ1v) is 10.5. The van der Waals surface area contributed by atoms with Crippen LogP contribution in [0, 0.1) is 20.8 Å². The number of aromatic nitrogens is 2. The van der Waals surface area contributed by atoms with Crippen LogP contribution in [0.25, 0.3) is 11.0 Å². The highest BCUT2D eigenvalue weighted by molar-refractivity contribution is 5.85. The van der Waals surface area contributed by atoms with Gasteiger partial charge in [0, 0.05) is 0 Å². The molecular weight excluding hydrogens is 424 g/mol. The molecule has 0 saturated carbocycles. The van der Waals surface area contributed by atoms with Crippen LogP contribution in [0.15, 0.2) is 66.7 Å². The fourth-order valence-electron chi connectivity index (χ4n) is 3.94. The van der Waals surface area contributed by atoms with E-state index in [1.807, 2.05) is 73.0 Å². The van der Waals surface area contributed by atoms with Gasteiger partial charge in [0.2, 0.25) is 0 Å². The highest BCUT2D eigenvalue weighted by Crippen LogP contribution is 2.25. The molecule has 0 amide bonds. The number of para-hydroxylation sites is 3. The fourth-order valence-corrected chi connectivity index (χ4v) is 3.94. The molecule has 0 aliphatic rings. The summed E-state index contributed by atoms with van der Waals surface area (Å²) in [4.78, 5) is 4.72. The minimum Gasteiger partial charge on any atom is -0.490 e. The van der Waals surface area contributed by atoms with Crippen LogP contribution in [0.4, 0.5) is 0 Å². The number of aliphatic hydroxyl groups excluding tert-OH is 1. The maximum atomic E-state index is 10.8. The smallest absolute Gasteiger partial charge is 0.148 e. The molecule has 168 valence electrons. The van der Waals surface area contributed by atoms with Crippen molar-refractivity contribution in [3.05, 3.63) is 89.2 Å². The zero-order valence-electron chi connectivity index (χ0n) is 18.6. The predicted octanol–water partition coefficient (Wildman–Crippen LogP) is 5.40. The van der Waals surface area contributed by atoms with E-state index in [1.54, 1.807) is 0 Å². The third-order valence-corrected chi connectivity index (χ3v) is 5.26. The van der Waals surface area contributed by atoms with Crippen molar-refractivity contribution in [1.82, 2.24) is 9.55 Å². The Morgan fingerprint density at radius 1 is 0.906 bits per heavy atom. The van der Waals surface area contributed by atoms with E-state index < -0.39 is 6.10 Å². The Bertz CT molecular complexity index is 1150. The van der Waals surface area contributed by atoms with Crippen molar-refractivity contribution in [2.24, 2.45) is 0 Å². The summed E-state index contributed by atoms with van der Waals surface area (Å²) in [6, 6.07) is 21.8. The summed E-state index contributed by atoms with van der Waals surface area (Å²) < 4.78 is 13.9. The lowest BCUT2D eigenvalue weighted by molar-refractivity contribution is 0.0911. The third-order valence-electron chi connectivity index (χ3n) is 5.26. The van der Waals surface area contributed by atoms with E-state index in [0.29, 0.717) is 13.2 Å². The van der Waals surface area contributed by atoms with E-state index in [0.717, 1.165) is 39.5 Å². The molecule has 3 aromatic carbocycles. The second-order valence-electron chi connectivity index (χ2n) is 7.92. The Kier molecular flexibility index (Phi) is 7.78. The van der Waals surface area contributed by atoms with Crippen LogP contribution in [0.3, 0.4) is 0 Å². The standard InChI is InChI=1S/C26H28N2O3.ClH/c1-18-13-19(2)26(20(3)14-18)31-16-21(29)15-28-24-12-8-7-11-23(24)27-25(28)17-30-22-9-5-4-6-10-22;/h4-14,21,29H,15-17H2,1-3H3;1H. The van der Waals surface area contributed by atoms with Gasteiger partial charge in [0.15, 0.2) is 0 Å². The monoisotopic (exact) mass is 452 g/mol. The van der Waals surface area contributed by atoms with Crippen molar-refractivity contribution in [3.63, 3.8) is 0 Å². The molecule has 32 heavy (non-hydrogen) atoms. The molecule has 0 radical (unpaired) electrons. The summed E-state index contributed by atoms with van der Waals surface area (Å²) in [7, 11) is 0. The molecule has 6 heteroatoms. The Morgan fingerprint density at radius 2 is 1.56 bits per heavy atom. The number of fused-ring (bicyclic) bond motifs is 1. The Balaban J connectivity index is 0.00000289. The summed E-state index contributed by atoms with van der Waals surface area (Å²) in [5.41, 5.74) is 5.21. The van der Waals surface area contributed by atoms with Crippen molar-refractivity contribution in [2.75, 3.05) is 6.61 Å². The quantitative estimate of drug-likeness (QED) is 0.388. The number of hydrogen-bond acceptors (Lipinski definition) is 4. The molecule has 4 aromatic rings. The van der Waals surface area contributed by atoms with Crippen LogP contribution >= 0.6 is 12.4 Å². The lowest BCUT2D eigenvalue weighted by atomic mass is 10.1. The van der Waals surface area contributed by atoms with E-state index in [2.05, 4.69) is 19.1 Å². The normalized spacial score (nSPS) is 11.8. The molecule has 0 saturated heterocycles. The van der Waals surface area contributed by atoms with Gasteiger partial charge in [0.1, 0.15) is 36.6 Å². The molecule has 1 heterocycles. The number of rotatable bonds is 8. The molecular formula is C26H29ClN2O3. The summed E-state index contributed by atoms with van der Waals surface area (Å²) >= 11 is 0. The van der Waals surface area contributed by atoms with Crippen LogP contribution in [-0.4, -0.2) is 27.4 Å². The first-order valence-electron chi connectivity index (χ1n) is 10.5. The van der Waals surface area contributed by atoms with Gasteiger partial charge in [-0.25, -0.2) is 4.98 Å². The zero-order chi connectivity index (χ0) is 21.8. The van der Waals surface area contributed by atoms with Gasteiger partial charge in [-0.1, -0.05) is 48.0 Å². The van der Waals surface area contributed by atoms with Crippen LogP contribution < -0.4 is 9.47 Å². The molecule has 1 unspecified atom stereocenters. The Morgan fingerprint density at radius 3 is 2.28 bits per heavy atom. The number of benzene rings is 3. The number of aryl methyl sites for hydroxylation is 3. The second kappa shape index (κ2) is 10.5. The van der Waals surface area contributed by atoms with Gasteiger partial charge in [-0.15, -0.1) is 12.4 Å². The first kappa shape index (κ1) is 23.6. The lowest BCUT2D eigenvalue weighted by Crippen LogP contribution is -2.25. The van der Waals surface area contributed by atoms with Gasteiger partial charge < -0.3 is 19.1 Å². The summed E-state index contributed by atoms with van der Waals surface area (Å²) in [6.07, 6.45) is -0.687. The molecule has 5 nitrogen and oxygen atoms in total. The molecule has 0 aliphatic heterocycles. The summed E-state index contributed by atoms with van der Waals surface area (Å²) in [5.74, 6) is 2.40. The predicted molar refractivity (Wildman–Crippen MR) is 130 cm³/mol. The number of ether oxygens (including phenoxy) is 2. The van der Waals surface area contributed by atoms with Crippen LogP contribution in [-0.2, 0) is 13.2 Å². The zero-order valence-corrected chi connectivity index (χ0v) is 19.4. The third kappa shape index (κ3) is 5.42. The molecule has 4 rings (SSSR count). The van der Waals surface area contributed by atoms with Gasteiger partial charge in [0.05, 0.1) is 17.6 Å². The SMILES string of the molecule is Cc1cc(C)c(OCC(O)Cn2c(COc3ccccc3)nc3ccccc32)c(C)c1.Cl. The van der Waals surface area contributed by atoms with E-state index in [1.165, 1.54) is 5.56 Å². The fraction of sp³-hybridized carbons (Fsp3) is 0.269. The van der Waals surface area contributed by atoms with Gasteiger partial charge in [0.25, 0.3) is 0 Å². The van der Waals surface area contributed by atoms with Gasteiger partial charge in [-0.2, -0.15) is 0 Å². The Labute approximate surface area is 195 Å². The molecule has 0 bridgehead atoms. The number of halogens is 1. The largest absolute Gasteiger partial charge is 0.490 e. The highest BCUT2D eigenvalue weighted by Gasteiger charge is 2.16. The van der Waals surface area contributed by atoms with E-state index in [4.69, 9.17) is 14.5 Å². The average molecular weight is 453 g/mol. The van der Waals surface area contributed by atoms with Gasteiger partial charge in [-0.3, -0.25) is 0 Å². The van der Waals surface area contributed by atoms with Crippen LogP contribution in [0.2, 0.25) is 0 Å². The van der Waals surface area contributed by atoms with E-state index >= 15 is 0 Å². The topological polar surface area (TPSA) is 56.5 Å². The summed E-state index contributed by atoms with van der Waals surface area (Å²) in [6.45, 7) is 7.03. The number of imidazole rings is 1. The van der Waals surface area contributed by atoms with E-state index in [9.17, 15) is 5.11 Å². The minimum absolute atomic E-state index is 0. The number of hydrogen-bond donors (Lipinski definition) is 1. The molecule has 0 spiro atoms. The molecule has 1 atom stereocenters. The first-order chi connectivity index (χ1) is 15.0. The highest BCUT2D eigenvalue weighted by atomic mass is 35.5. The van der Waals surface area contributed by atoms with Gasteiger partial charge in [-0.05, 0) is 56.2 Å². The van der Waals surface area contributed by atoms with Crippen molar-refractivity contribution < 1.29 is 14.6 Å². The number of nitrogens with zero attached hydrogens (tertiary/aromatic N) is 2. The second-order valence-corrected chi connectivity index (χ2v) is 7.92. The molecule has 0 aliphatic carbocycles. The number of aliphatic hydroxyl groups is 1. The molecule has 1 N–H and O–H groups in total. The van der Waals surface area contributed by atoms with E-state index in [-0.39, 0.29) is 19.0 Å². The minimum atomic E-state index is -0.687. The van der Waals surface area contributed by atoms with Gasteiger partial charge >= 0.3 is 0 Å². The lowest BCUT2D eigenvalue weighted by Gasteiger charge is -2.18. The Hall–Kier alpha value is -3.02. The van der Waals surface area contributed by atoms with Crippen LogP contribution in [0.1, 0.15) is 22.5 Å². The maximum Gasteiger partial charge on any atom is 0.148 e. The average Bonchev–Trinajstić information content (AvgIpc) is 3.09. The van der Waals surface area contributed by atoms with Crippen molar-refractivity contribution in [1.29, 1.82) is 0 Å². The summed E-state index contributed by atoms with van der Waals surface area (Å²) in [5, 5.41) is 10.8. The van der Waals surface area contributed by atoms with Crippen molar-refractivity contribution in [2.45, 2.75) is 40.0 Å².